The van der Waals surface area contributed by atoms with Crippen molar-refractivity contribution in [3.05, 3.63) is 34.7 Å². The van der Waals surface area contributed by atoms with Crippen molar-refractivity contribution in [2.75, 3.05) is 11.9 Å². The Labute approximate surface area is 148 Å². The molecular formula is C19H28N4O2. The smallest absolute Gasteiger partial charge is 0.350 e. The predicted octanol–water partition coefficient (Wildman–Crippen LogP) is 2.77. The maximum atomic E-state index is 12.5. The van der Waals surface area contributed by atoms with Crippen LogP contribution in [0, 0.1) is 5.92 Å². The SMILES string of the molecule is CCC(C)NC(=O)Cn1c(=O)nc(NCCC(C)C)c2ccccc21. The van der Waals surface area contributed by atoms with Crippen LogP contribution in [0.5, 0.6) is 0 Å². The van der Waals surface area contributed by atoms with Gasteiger partial charge in [-0.15, -0.1) is 0 Å². The number of hydrogen-bond acceptors (Lipinski definition) is 4. The van der Waals surface area contributed by atoms with Crippen LogP contribution in [0.4, 0.5) is 5.82 Å². The Bertz CT molecular complexity index is 783. The molecule has 0 fully saturated rings. The Morgan fingerprint density at radius 2 is 1.96 bits per heavy atom. The lowest BCUT2D eigenvalue weighted by Crippen LogP contribution is -2.38. The Balaban J connectivity index is 2.31. The van der Waals surface area contributed by atoms with Gasteiger partial charge in [0.1, 0.15) is 12.4 Å². The Kier molecular flexibility index (Phi) is 6.56. The van der Waals surface area contributed by atoms with Crippen molar-refractivity contribution in [1.29, 1.82) is 0 Å². The molecule has 25 heavy (non-hydrogen) atoms. The highest BCUT2D eigenvalue weighted by Crippen LogP contribution is 2.19. The molecule has 6 nitrogen and oxygen atoms in total. The molecule has 0 saturated carbocycles. The minimum absolute atomic E-state index is 0.0248. The van der Waals surface area contributed by atoms with E-state index in [2.05, 4.69) is 29.5 Å². The summed E-state index contributed by atoms with van der Waals surface area (Å²) in [5.74, 6) is 0.979. The van der Waals surface area contributed by atoms with E-state index in [1.807, 2.05) is 38.1 Å². The Morgan fingerprint density at radius 1 is 1.24 bits per heavy atom. The largest absolute Gasteiger partial charge is 0.369 e. The third-order valence-electron chi connectivity index (χ3n) is 4.22. The molecule has 0 bridgehead atoms. The first kappa shape index (κ1) is 19.0. The zero-order valence-corrected chi connectivity index (χ0v) is 15.5. The van der Waals surface area contributed by atoms with Gasteiger partial charge >= 0.3 is 5.69 Å². The van der Waals surface area contributed by atoms with E-state index in [1.165, 1.54) is 4.57 Å². The summed E-state index contributed by atoms with van der Waals surface area (Å²) in [6.07, 6.45) is 1.84. The minimum atomic E-state index is -0.412. The number of carbonyl (C=O) groups excluding carboxylic acids is 1. The van der Waals surface area contributed by atoms with Crippen molar-refractivity contribution >= 4 is 22.6 Å². The molecule has 2 N–H and O–H groups in total. The lowest BCUT2D eigenvalue weighted by molar-refractivity contribution is -0.122. The first-order chi connectivity index (χ1) is 11.9. The number of nitrogens with one attached hydrogen (secondary N) is 2. The van der Waals surface area contributed by atoms with Gasteiger partial charge in [0.05, 0.1) is 5.52 Å². The van der Waals surface area contributed by atoms with Gasteiger partial charge in [0.15, 0.2) is 0 Å². The van der Waals surface area contributed by atoms with Crippen LogP contribution in [-0.2, 0) is 11.3 Å². The first-order valence-electron chi connectivity index (χ1n) is 8.95. The number of hydrogen-bond donors (Lipinski definition) is 2. The van der Waals surface area contributed by atoms with Crippen LogP contribution in [0.2, 0.25) is 0 Å². The molecule has 136 valence electrons. The molecule has 1 unspecified atom stereocenters. The summed E-state index contributed by atoms with van der Waals surface area (Å²) in [6, 6.07) is 7.62. The highest BCUT2D eigenvalue weighted by molar-refractivity contribution is 5.90. The highest BCUT2D eigenvalue weighted by atomic mass is 16.2. The number of benzene rings is 1. The highest BCUT2D eigenvalue weighted by Gasteiger charge is 2.13. The molecule has 0 aliphatic rings. The molecule has 0 aliphatic carbocycles. The fourth-order valence-electron chi connectivity index (χ4n) is 2.56. The minimum Gasteiger partial charge on any atom is -0.369 e. The van der Waals surface area contributed by atoms with Gasteiger partial charge in [-0.05, 0) is 37.8 Å². The molecule has 1 atom stereocenters. The van der Waals surface area contributed by atoms with Crippen molar-refractivity contribution in [1.82, 2.24) is 14.9 Å². The van der Waals surface area contributed by atoms with Gasteiger partial charge in [0.2, 0.25) is 5.91 Å². The average molecular weight is 344 g/mol. The van der Waals surface area contributed by atoms with Gasteiger partial charge in [-0.3, -0.25) is 9.36 Å². The van der Waals surface area contributed by atoms with Crippen LogP contribution in [-0.4, -0.2) is 28.0 Å². The van der Waals surface area contributed by atoms with Gasteiger partial charge in [0, 0.05) is 18.0 Å². The molecule has 0 aliphatic heterocycles. The Hall–Kier alpha value is -2.37. The maximum Gasteiger partial charge on any atom is 0.350 e. The van der Waals surface area contributed by atoms with E-state index in [9.17, 15) is 9.59 Å². The van der Waals surface area contributed by atoms with Crippen molar-refractivity contribution in [2.45, 2.75) is 53.1 Å². The van der Waals surface area contributed by atoms with Crippen LogP contribution >= 0.6 is 0 Å². The van der Waals surface area contributed by atoms with Crippen LogP contribution in [0.3, 0.4) is 0 Å². The fourth-order valence-corrected chi connectivity index (χ4v) is 2.56. The fraction of sp³-hybridized carbons (Fsp3) is 0.526. The lowest BCUT2D eigenvalue weighted by atomic mass is 10.1. The Morgan fingerprint density at radius 3 is 2.64 bits per heavy atom. The first-order valence-corrected chi connectivity index (χ1v) is 8.95. The van der Waals surface area contributed by atoms with Gasteiger partial charge < -0.3 is 10.6 Å². The summed E-state index contributed by atoms with van der Waals surface area (Å²) < 4.78 is 1.43. The topological polar surface area (TPSA) is 76.0 Å². The molecule has 1 heterocycles. The molecule has 0 radical (unpaired) electrons. The van der Waals surface area contributed by atoms with Crippen LogP contribution in [0.25, 0.3) is 10.9 Å². The number of amides is 1. The molecular weight excluding hydrogens is 316 g/mol. The number of anilines is 1. The number of para-hydroxylation sites is 1. The summed E-state index contributed by atoms with van der Waals surface area (Å²) in [5.41, 5.74) is 0.305. The van der Waals surface area contributed by atoms with E-state index in [0.717, 1.165) is 24.8 Å². The van der Waals surface area contributed by atoms with Gasteiger partial charge in [-0.2, -0.15) is 4.98 Å². The molecule has 6 heteroatoms. The number of carbonyl (C=O) groups is 1. The normalized spacial score (nSPS) is 12.4. The zero-order valence-electron chi connectivity index (χ0n) is 15.5. The summed E-state index contributed by atoms with van der Waals surface area (Å²) in [5, 5.41) is 7.00. The zero-order chi connectivity index (χ0) is 18.4. The maximum absolute atomic E-state index is 12.5. The predicted molar refractivity (Wildman–Crippen MR) is 102 cm³/mol. The standard InChI is InChI=1S/C19H28N4O2/c1-5-14(4)21-17(24)12-23-16-9-7-6-8-15(16)18(22-19(23)25)20-11-10-13(2)3/h6-9,13-14H,5,10-12H2,1-4H3,(H,21,24)(H,20,22,25). The lowest BCUT2D eigenvalue weighted by Gasteiger charge is -2.15. The summed E-state index contributed by atoms with van der Waals surface area (Å²) >= 11 is 0. The monoisotopic (exact) mass is 344 g/mol. The second-order valence-electron chi connectivity index (χ2n) is 6.83. The second kappa shape index (κ2) is 8.65. The van der Waals surface area contributed by atoms with E-state index in [1.54, 1.807) is 0 Å². The average Bonchev–Trinajstić information content (AvgIpc) is 2.57. The van der Waals surface area contributed by atoms with Crippen LogP contribution in [0.1, 0.15) is 40.5 Å². The molecule has 0 saturated heterocycles. The van der Waals surface area contributed by atoms with E-state index in [0.29, 0.717) is 17.3 Å². The van der Waals surface area contributed by atoms with E-state index in [4.69, 9.17) is 0 Å². The number of fused-ring (bicyclic) bond motifs is 1. The molecule has 1 amide bonds. The third-order valence-corrected chi connectivity index (χ3v) is 4.22. The van der Waals surface area contributed by atoms with Crippen molar-refractivity contribution in [2.24, 2.45) is 5.92 Å². The molecule has 1 aromatic carbocycles. The van der Waals surface area contributed by atoms with Gasteiger partial charge in [0.25, 0.3) is 0 Å². The van der Waals surface area contributed by atoms with Crippen LogP contribution in [0.15, 0.2) is 29.1 Å². The third kappa shape index (κ3) is 5.05. The summed E-state index contributed by atoms with van der Waals surface area (Å²) in [7, 11) is 0. The molecule has 0 spiro atoms. The van der Waals surface area contributed by atoms with Crippen molar-refractivity contribution < 1.29 is 4.79 Å². The van der Waals surface area contributed by atoms with E-state index < -0.39 is 5.69 Å². The number of aromatic nitrogens is 2. The van der Waals surface area contributed by atoms with E-state index >= 15 is 0 Å². The van der Waals surface area contributed by atoms with Gasteiger partial charge in [-0.1, -0.05) is 32.9 Å². The molecule has 2 aromatic rings. The van der Waals surface area contributed by atoms with Gasteiger partial charge in [-0.25, -0.2) is 4.79 Å². The van der Waals surface area contributed by atoms with E-state index in [-0.39, 0.29) is 18.5 Å². The van der Waals surface area contributed by atoms with Crippen LogP contribution < -0.4 is 16.3 Å². The quantitative estimate of drug-likeness (QED) is 0.772. The molecule has 1 aromatic heterocycles. The molecule has 2 rings (SSSR count). The second-order valence-corrected chi connectivity index (χ2v) is 6.83. The number of rotatable bonds is 8. The van der Waals surface area contributed by atoms with Crippen molar-refractivity contribution in [3.63, 3.8) is 0 Å². The number of nitrogens with zero attached hydrogens (tertiary/aromatic N) is 2. The summed E-state index contributed by atoms with van der Waals surface area (Å²) in [6.45, 7) is 8.99. The summed E-state index contributed by atoms with van der Waals surface area (Å²) in [4.78, 5) is 28.8. The van der Waals surface area contributed by atoms with Crippen molar-refractivity contribution in [3.8, 4) is 0 Å².